The zero-order valence-electron chi connectivity index (χ0n) is 8.23. The molecule has 2 aromatic rings. The largest absolute Gasteiger partial charge is 0.245 e. The Balaban J connectivity index is 2.15. The summed E-state index contributed by atoms with van der Waals surface area (Å²) in [6.45, 7) is 0. The average Bonchev–Trinajstić information content (AvgIpc) is 2.64. The lowest BCUT2D eigenvalue weighted by Crippen LogP contribution is -2.32. The number of hydrogen-bond donors (Lipinski definition) is 0. The SMILES string of the molecule is N#CC1(c2ccc3ncsc3c2)CCC1. The summed E-state index contributed by atoms with van der Waals surface area (Å²) in [5, 5.41) is 9.25. The Hall–Kier alpha value is -1.40. The molecule has 0 amide bonds. The number of hydrogen-bond acceptors (Lipinski definition) is 3. The van der Waals surface area contributed by atoms with Gasteiger partial charge in [-0.1, -0.05) is 6.07 Å². The predicted molar refractivity (Wildman–Crippen MR) is 60.8 cm³/mol. The standard InChI is InChI=1S/C12H10N2S/c13-7-12(4-1-5-12)9-2-3-10-11(6-9)15-8-14-10/h2-3,6,8H,1,4-5H2. The van der Waals surface area contributed by atoms with Crippen LogP contribution in [0.4, 0.5) is 0 Å². The Kier molecular flexibility index (Phi) is 1.80. The Morgan fingerprint density at radius 3 is 2.93 bits per heavy atom. The van der Waals surface area contributed by atoms with Crippen molar-refractivity contribution in [3.63, 3.8) is 0 Å². The molecule has 1 saturated carbocycles. The highest BCUT2D eigenvalue weighted by molar-refractivity contribution is 7.16. The number of fused-ring (bicyclic) bond motifs is 1. The Morgan fingerprint density at radius 1 is 1.40 bits per heavy atom. The van der Waals surface area contributed by atoms with Gasteiger partial charge in [0.25, 0.3) is 0 Å². The van der Waals surface area contributed by atoms with E-state index in [9.17, 15) is 5.26 Å². The van der Waals surface area contributed by atoms with Crippen molar-refractivity contribution in [2.45, 2.75) is 24.7 Å². The molecule has 1 fully saturated rings. The summed E-state index contributed by atoms with van der Waals surface area (Å²) in [5.41, 5.74) is 3.87. The molecule has 0 N–H and O–H groups in total. The van der Waals surface area contributed by atoms with E-state index < -0.39 is 0 Å². The number of nitrogens with zero attached hydrogens (tertiary/aromatic N) is 2. The molecule has 0 atom stereocenters. The smallest absolute Gasteiger partial charge is 0.0823 e. The first-order chi connectivity index (χ1) is 7.34. The second-order valence-electron chi connectivity index (χ2n) is 4.08. The van der Waals surface area contributed by atoms with Crippen molar-refractivity contribution in [1.29, 1.82) is 5.26 Å². The van der Waals surface area contributed by atoms with Crippen molar-refractivity contribution < 1.29 is 0 Å². The fourth-order valence-electron chi connectivity index (χ4n) is 2.15. The van der Waals surface area contributed by atoms with Crippen LogP contribution in [-0.4, -0.2) is 4.98 Å². The molecular formula is C12H10N2S. The van der Waals surface area contributed by atoms with Crippen molar-refractivity contribution in [3.05, 3.63) is 29.3 Å². The minimum atomic E-state index is -0.196. The van der Waals surface area contributed by atoms with Crippen LogP contribution in [-0.2, 0) is 5.41 Å². The lowest BCUT2D eigenvalue weighted by molar-refractivity contribution is 0.324. The van der Waals surface area contributed by atoms with Crippen molar-refractivity contribution in [2.24, 2.45) is 0 Å². The second kappa shape index (κ2) is 3.04. The summed E-state index contributed by atoms with van der Waals surface area (Å²) < 4.78 is 1.19. The summed E-state index contributed by atoms with van der Waals surface area (Å²) in [6, 6.07) is 8.69. The van der Waals surface area contributed by atoms with Gasteiger partial charge in [0.15, 0.2) is 0 Å². The highest BCUT2D eigenvalue weighted by Gasteiger charge is 2.38. The maximum atomic E-state index is 9.25. The van der Waals surface area contributed by atoms with Gasteiger partial charge in [-0.25, -0.2) is 4.98 Å². The van der Waals surface area contributed by atoms with Gasteiger partial charge in [-0.3, -0.25) is 0 Å². The fraction of sp³-hybridized carbons (Fsp3) is 0.333. The van der Waals surface area contributed by atoms with Crippen LogP contribution < -0.4 is 0 Å². The molecule has 0 aliphatic heterocycles. The van der Waals surface area contributed by atoms with Crippen LogP contribution in [0.3, 0.4) is 0 Å². The molecule has 15 heavy (non-hydrogen) atoms. The van der Waals surface area contributed by atoms with Crippen LogP contribution >= 0.6 is 11.3 Å². The highest BCUT2D eigenvalue weighted by atomic mass is 32.1. The molecular weight excluding hydrogens is 204 g/mol. The number of thiazole rings is 1. The van der Waals surface area contributed by atoms with E-state index in [1.54, 1.807) is 11.3 Å². The van der Waals surface area contributed by atoms with Gasteiger partial charge in [0.05, 0.1) is 27.2 Å². The second-order valence-corrected chi connectivity index (χ2v) is 4.97. The van der Waals surface area contributed by atoms with Crippen LogP contribution in [0.25, 0.3) is 10.2 Å². The molecule has 0 bridgehead atoms. The Morgan fingerprint density at radius 2 is 2.27 bits per heavy atom. The first kappa shape index (κ1) is 8.87. The lowest BCUT2D eigenvalue weighted by Gasteiger charge is -2.35. The topological polar surface area (TPSA) is 36.7 Å². The molecule has 74 valence electrons. The Bertz CT molecular complexity index is 546. The molecule has 1 aliphatic rings. The van der Waals surface area contributed by atoms with Gasteiger partial charge >= 0.3 is 0 Å². The van der Waals surface area contributed by atoms with Gasteiger partial charge in [0.1, 0.15) is 0 Å². The van der Waals surface area contributed by atoms with Crippen molar-refractivity contribution in [3.8, 4) is 6.07 Å². The van der Waals surface area contributed by atoms with Gasteiger partial charge in [-0.2, -0.15) is 5.26 Å². The minimum absolute atomic E-state index is 0.196. The minimum Gasteiger partial charge on any atom is -0.245 e. The van der Waals surface area contributed by atoms with Gasteiger partial charge in [-0.15, -0.1) is 11.3 Å². The van der Waals surface area contributed by atoms with Crippen molar-refractivity contribution in [1.82, 2.24) is 4.98 Å². The maximum Gasteiger partial charge on any atom is 0.0823 e. The molecule has 2 nitrogen and oxygen atoms in total. The first-order valence-electron chi connectivity index (χ1n) is 5.09. The zero-order chi connectivity index (χ0) is 10.3. The van der Waals surface area contributed by atoms with Crippen LogP contribution in [0.15, 0.2) is 23.7 Å². The fourth-order valence-corrected chi connectivity index (χ4v) is 2.86. The van der Waals surface area contributed by atoms with Gasteiger partial charge in [0.2, 0.25) is 0 Å². The molecule has 0 saturated heterocycles. The molecule has 0 unspecified atom stereocenters. The van der Waals surface area contributed by atoms with E-state index in [0.717, 1.165) is 18.4 Å². The average molecular weight is 214 g/mol. The predicted octanol–water partition coefficient (Wildman–Crippen LogP) is 3.24. The highest BCUT2D eigenvalue weighted by Crippen LogP contribution is 2.43. The van der Waals surface area contributed by atoms with Crippen molar-refractivity contribution in [2.75, 3.05) is 0 Å². The van der Waals surface area contributed by atoms with Crippen LogP contribution in [0.1, 0.15) is 24.8 Å². The Labute approximate surface area is 92.2 Å². The third-order valence-electron chi connectivity index (χ3n) is 3.30. The zero-order valence-corrected chi connectivity index (χ0v) is 9.05. The monoisotopic (exact) mass is 214 g/mol. The molecule has 3 heteroatoms. The maximum absolute atomic E-state index is 9.25. The van der Waals surface area contributed by atoms with Crippen LogP contribution in [0.2, 0.25) is 0 Å². The van der Waals surface area contributed by atoms with Crippen LogP contribution in [0.5, 0.6) is 0 Å². The summed E-state index contributed by atoms with van der Waals surface area (Å²) in [5.74, 6) is 0. The quantitative estimate of drug-likeness (QED) is 0.730. The number of nitriles is 1. The number of benzene rings is 1. The summed E-state index contributed by atoms with van der Waals surface area (Å²) in [4.78, 5) is 4.25. The molecule has 1 aromatic carbocycles. The summed E-state index contributed by atoms with van der Waals surface area (Å²) in [6.07, 6.45) is 3.19. The van der Waals surface area contributed by atoms with Gasteiger partial charge in [-0.05, 0) is 37.0 Å². The van der Waals surface area contributed by atoms with E-state index in [1.165, 1.54) is 16.7 Å². The first-order valence-corrected chi connectivity index (χ1v) is 5.97. The van der Waals surface area contributed by atoms with E-state index >= 15 is 0 Å². The number of rotatable bonds is 1. The van der Waals surface area contributed by atoms with E-state index in [4.69, 9.17) is 0 Å². The molecule has 0 radical (unpaired) electrons. The van der Waals surface area contributed by atoms with Crippen molar-refractivity contribution >= 4 is 21.6 Å². The van der Waals surface area contributed by atoms with Gasteiger partial charge in [0, 0.05) is 0 Å². The van der Waals surface area contributed by atoms with Gasteiger partial charge < -0.3 is 0 Å². The van der Waals surface area contributed by atoms with Crippen LogP contribution in [0, 0.1) is 11.3 Å². The van der Waals surface area contributed by atoms with E-state index in [-0.39, 0.29) is 5.41 Å². The molecule has 3 rings (SSSR count). The van der Waals surface area contributed by atoms with E-state index in [2.05, 4.69) is 23.2 Å². The third-order valence-corrected chi connectivity index (χ3v) is 4.10. The summed E-state index contributed by atoms with van der Waals surface area (Å²) >= 11 is 1.64. The summed E-state index contributed by atoms with van der Waals surface area (Å²) in [7, 11) is 0. The third kappa shape index (κ3) is 1.18. The molecule has 1 aliphatic carbocycles. The molecule has 1 aromatic heterocycles. The molecule has 1 heterocycles. The van der Waals surface area contributed by atoms with E-state index in [1.807, 2.05) is 11.6 Å². The van der Waals surface area contributed by atoms with E-state index in [0.29, 0.717) is 0 Å². The lowest BCUT2D eigenvalue weighted by atomic mass is 9.65. The molecule has 0 spiro atoms. The number of aromatic nitrogens is 1. The normalized spacial score (nSPS) is 18.3.